The molecule has 0 saturated heterocycles. The molecule has 4 atom stereocenters. The minimum atomic E-state index is -0.914. The lowest BCUT2D eigenvalue weighted by atomic mass is 9.73. The van der Waals surface area contributed by atoms with Gasteiger partial charge in [-0.3, -0.25) is 4.99 Å². The van der Waals surface area contributed by atoms with Gasteiger partial charge in [-0.15, -0.1) is 0 Å². The van der Waals surface area contributed by atoms with Gasteiger partial charge in [-0.2, -0.15) is 0 Å². The molecule has 6 heteroatoms. The summed E-state index contributed by atoms with van der Waals surface area (Å²) in [5, 5.41) is 0. The minimum Gasteiger partial charge on any atom is -0.467 e. The number of nitrogens with zero attached hydrogens (tertiary/aromatic N) is 3. The van der Waals surface area contributed by atoms with E-state index in [1.807, 2.05) is 31.5 Å². The zero-order valence-corrected chi connectivity index (χ0v) is 22.2. The van der Waals surface area contributed by atoms with Crippen LogP contribution < -0.4 is 0 Å². The number of hydrogen-bond acceptors (Lipinski definition) is 5. The van der Waals surface area contributed by atoms with Crippen molar-refractivity contribution in [3.8, 4) is 0 Å². The van der Waals surface area contributed by atoms with Crippen molar-refractivity contribution in [2.45, 2.75) is 69.6 Å². The predicted molar refractivity (Wildman–Crippen MR) is 142 cm³/mol. The van der Waals surface area contributed by atoms with Gasteiger partial charge in [-0.1, -0.05) is 55.3 Å². The Bertz CT molecular complexity index is 1050. The van der Waals surface area contributed by atoms with Crippen molar-refractivity contribution in [2.75, 3.05) is 21.2 Å². The molecule has 2 aromatic carbocycles. The Kier molecular flexibility index (Phi) is 8.13. The average molecular weight is 494 g/mol. The predicted octanol–water partition coefficient (Wildman–Crippen LogP) is 6.03. The maximum atomic E-state index is 14.0. The van der Waals surface area contributed by atoms with E-state index >= 15 is 0 Å². The van der Waals surface area contributed by atoms with Crippen LogP contribution in [0.1, 0.15) is 69.2 Å². The molecule has 1 aliphatic carbocycles. The summed E-state index contributed by atoms with van der Waals surface area (Å²) < 4.78 is 19.2. The Morgan fingerprint density at radius 2 is 1.78 bits per heavy atom. The molecular weight excluding hydrogens is 453 g/mol. The van der Waals surface area contributed by atoms with Crippen LogP contribution in [-0.2, 0) is 9.53 Å². The molecule has 5 nitrogen and oxygen atoms in total. The van der Waals surface area contributed by atoms with Crippen LogP contribution in [0.15, 0.2) is 59.6 Å². The molecule has 0 N–H and O–H groups in total. The maximum Gasteiger partial charge on any atom is 0.335 e. The Morgan fingerprint density at radius 3 is 2.39 bits per heavy atom. The molecular formula is C30H40FN3O2. The molecule has 1 heterocycles. The highest BCUT2D eigenvalue weighted by Gasteiger charge is 2.50. The number of ether oxygens (including phenoxy) is 1. The number of aliphatic imine (C=N–C) groups is 1. The first-order valence-corrected chi connectivity index (χ1v) is 13.1. The van der Waals surface area contributed by atoms with E-state index in [1.165, 1.54) is 18.7 Å². The molecule has 0 spiro atoms. The van der Waals surface area contributed by atoms with E-state index in [2.05, 4.69) is 55.1 Å². The quantitative estimate of drug-likeness (QED) is 0.421. The first-order chi connectivity index (χ1) is 17.2. The zero-order chi connectivity index (χ0) is 25.9. The van der Waals surface area contributed by atoms with Crippen LogP contribution in [0.4, 0.5) is 4.39 Å². The Hall–Kier alpha value is -2.73. The topological polar surface area (TPSA) is 45.1 Å². The highest BCUT2D eigenvalue weighted by atomic mass is 19.1. The van der Waals surface area contributed by atoms with Crippen molar-refractivity contribution in [2.24, 2.45) is 16.8 Å². The SMILES string of the molecule is COC(=O)C1(C)N=CN(C(C)c2ccccc2)C1CC1CCC(C(c2cccc(F)c2)N(C)C)CC1. The molecule has 0 radical (unpaired) electrons. The summed E-state index contributed by atoms with van der Waals surface area (Å²) in [6, 6.07) is 17.7. The largest absolute Gasteiger partial charge is 0.467 e. The molecule has 1 fully saturated rings. The molecule has 2 aromatic rings. The maximum absolute atomic E-state index is 14.0. The molecule has 0 aromatic heterocycles. The summed E-state index contributed by atoms with van der Waals surface area (Å²) in [7, 11) is 5.62. The number of carbonyl (C=O) groups is 1. The highest BCUT2D eigenvalue weighted by Crippen LogP contribution is 2.44. The molecule has 0 amide bonds. The van der Waals surface area contributed by atoms with Gasteiger partial charge < -0.3 is 14.5 Å². The summed E-state index contributed by atoms with van der Waals surface area (Å²) >= 11 is 0. The van der Waals surface area contributed by atoms with Gasteiger partial charge in [0.05, 0.1) is 25.5 Å². The zero-order valence-electron chi connectivity index (χ0n) is 22.2. The first-order valence-electron chi connectivity index (χ1n) is 13.1. The number of benzene rings is 2. The molecule has 0 bridgehead atoms. The lowest BCUT2D eigenvalue weighted by molar-refractivity contribution is -0.148. The van der Waals surface area contributed by atoms with Crippen LogP contribution in [0, 0.1) is 17.7 Å². The smallest absolute Gasteiger partial charge is 0.335 e. The number of rotatable bonds is 8. The fourth-order valence-corrected chi connectivity index (χ4v) is 6.40. The van der Waals surface area contributed by atoms with Gasteiger partial charge in [-0.05, 0) is 82.3 Å². The van der Waals surface area contributed by atoms with Gasteiger partial charge in [-0.25, -0.2) is 9.18 Å². The highest BCUT2D eigenvalue weighted by molar-refractivity contribution is 5.86. The van der Waals surface area contributed by atoms with Gasteiger partial charge in [0.15, 0.2) is 5.54 Å². The van der Waals surface area contributed by atoms with Crippen molar-refractivity contribution in [1.29, 1.82) is 0 Å². The van der Waals surface area contributed by atoms with E-state index in [-0.39, 0.29) is 29.9 Å². The van der Waals surface area contributed by atoms with E-state index in [9.17, 15) is 9.18 Å². The van der Waals surface area contributed by atoms with Crippen molar-refractivity contribution in [3.63, 3.8) is 0 Å². The van der Waals surface area contributed by atoms with E-state index in [1.54, 1.807) is 6.07 Å². The van der Waals surface area contributed by atoms with Crippen LogP contribution in [0.3, 0.4) is 0 Å². The molecule has 4 rings (SSSR count). The van der Waals surface area contributed by atoms with Gasteiger partial charge in [0.2, 0.25) is 0 Å². The minimum absolute atomic E-state index is 0.0606. The normalized spacial score (nSPS) is 27.8. The number of halogens is 1. The van der Waals surface area contributed by atoms with Crippen molar-refractivity contribution >= 4 is 12.3 Å². The standard InChI is InChI=1S/C30H40FN3O2/c1-21(23-10-7-6-8-11-23)34-20-32-30(2,29(35)36-5)27(34)18-22-14-16-24(17-15-22)28(33(3)4)25-12-9-13-26(31)19-25/h6-13,19-22,24,27-28H,14-18H2,1-5H3. The van der Waals surface area contributed by atoms with E-state index in [0.29, 0.717) is 11.8 Å². The Morgan fingerprint density at radius 1 is 1.11 bits per heavy atom. The van der Waals surface area contributed by atoms with Crippen molar-refractivity contribution < 1.29 is 13.9 Å². The van der Waals surface area contributed by atoms with E-state index < -0.39 is 5.54 Å². The fraction of sp³-hybridized carbons (Fsp3) is 0.533. The molecule has 2 aliphatic rings. The Labute approximate surface area is 215 Å². The summed E-state index contributed by atoms with van der Waals surface area (Å²) in [6.07, 6.45) is 7.10. The third-order valence-corrected chi connectivity index (χ3v) is 8.44. The van der Waals surface area contributed by atoms with Gasteiger partial charge >= 0.3 is 5.97 Å². The summed E-state index contributed by atoms with van der Waals surface area (Å²) in [5.41, 5.74) is 1.34. The molecule has 194 valence electrons. The van der Waals surface area contributed by atoms with Crippen LogP contribution in [-0.4, -0.2) is 54.9 Å². The third-order valence-electron chi connectivity index (χ3n) is 8.44. The summed E-state index contributed by atoms with van der Waals surface area (Å²) in [4.78, 5) is 22.1. The van der Waals surface area contributed by atoms with E-state index in [4.69, 9.17) is 9.73 Å². The monoisotopic (exact) mass is 493 g/mol. The number of methoxy groups -OCH3 is 1. The number of hydrogen-bond donors (Lipinski definition) is 0. The number of esters is 1. The Balaban J connectivity index is 1.49. The third kappa shape index (κ3) is 5.34. The molecule has 1 aliphatic heterocycles. The molecule has 4 unspecified atom stereocenters. The first kappa shape index (κ1) is 26.3. The fourth-order valence-electron chi connectivity index (χ4n) is 6.40. The summed E-state index contributed by atoms with van der Waals surface area (Å²) in [6.45, 7) is 4.09. The number of carbonyl (C=O) groups excluding carboxylic acids is 1. The van der Waals surface area contributed by atoms with Crippen LogP contribution in [0.5, 0.6) is 0 Å². The lowest BCUT2D eigenvalue weighted by Crippen LogP contribution is -2.51. The second-order valence-corrected chi connectivity index (χ2v) is 10.9. The van der Waals surface area contributed by atoms with E-state index in [0.717, 1.165) is 37.7 Å². The van der Waals surface area contributed by atoms with Crippen LogP contribution in [0.25, 0.3) is 0 Å². The molecule has 36 heavy (non-hydrogen) atoms. The van der Waals surface area contributed by atoms with Crippen LogP contribution in [0.2, 0.25) is 0 Å². The van der Waals surface area contributed by atoms with Crippen molar-refractivity contribution in [3.05, 3.63) is 71.5 Å². The second kappa shape index (κ2) is 11.1. The van der Waals surface area contributed by atoms with Crippen LogP contribution >= 0.6 is 0 Å². The summed E-state index contributed by atoms with van der Waals surface area (Å²) in [5.74, 6) is 0.518. The van der Waals surface area contributed by atoms with Gasteiger partial charge in [0.25, 0.3) is 0 Å². The van der Waals surface area contributed by atoms with Crippen molar-refractivity contribution in [1.82, 2.24) is 9.80 Å². The molecule has 1 saturated carbocycles. The average Bonchev–Trinajstić information content (AvgIpc) is 3.21. The van der Waals surface area contributed by atoms with Gasteiger partial charge in [0.1, 0.15) is 5.82 Å². The second-order valence-electron chi connectivity index (χ2n) is 10.9. The van der Waals surface area contributed by atoms with Gasteiger partial charge in [0, 0.05) is 6.04 Å². The lowest BCUT2D eigenvalue weighted by Gasteiger charge is -2.41.